The van der Waals surface area contributed by atoms with Gasteiger partial charge in [0.2, 0.25) is 5.67 Å². The first-order chi connectivity index (χ1) is 12.6. The number of halogens is 1. The fourth-order valence-electron chi connectivity index (χ4n) is 2.81. The number of aliphatic imine (C=N–C) groups is 1. The molecule has 1 unspecified atom stereocenters. The van der Waals surface area contributed by atoms with Crippen LogP contribution < -0.4 is 10.7 Å². The van der Waals surface area contributed by atoms with E-state index in [1.807, 2.05) is 5.38 Å². The molecule has 0 bridgehead atoms. The average Bonchev–Trinajstić information content (AvgIpc) is 3.29. The molecule has 4 heterocycles. The summed E-state index contributed by atoms with van der Waals surface area (Å²) in [7, 11) is 0. The van der Waals surface area contributed by atoms with Crippen molar-refractivity contribution < 1.29 is 18.7 Å². The molecular formula is C15H15FN6O3S. The molecular weight excluding hydrogens is 363 g/mol. The third-order valence-corrected chi connectivity index (χ3v) is 5.10. The number of hydrogen-bond donors (Lipinski definition) is 2. The number of rotatable bonds is 4. The van der Waals surface area contributed by atoms with Crippen molar-refractivity contribution in [2.24, 2.45) is 10.1 Å². The molecule has 2 N–H and O–H groups in total. The third kappa shape index (κ3) is 2.99. The monoisotopic (exact) mass is 378 g/mol. The summed E-state index contributed by atoms with van der Waals surface area (Å²) in [4.78, 5) is 33.8. The van der Waals surface area contributed by atoms with Crippen molar-refractivity contribution in [1.29, 1.82) is 0 Å². The average molecular weight is 378 g/mol. The van der Waals surface area contributed by atoms with E-state index in [4.69, 9.17) is 4.74 Å². The maximum Gasteiger partial charge on any atom is 0.338 e. The predicted molar refractivity (Wildman–Crippen MR) is 91.3 cm³/mol. The highest BCUT2D eigenvalue weighted by molar-refractivity contribution is 7.11. The molecule has 0 spiro atoms. The first kappa shape index (κ1) is 16.8. The third-order valence-electron chi connectivity index (χ3n) is 4.32. The molecule has 1 amide bonds. The molecule has 1 fully saturated rings. The van der Waals surface area contributed by atoms with Crippen molar-refractivity contribution in [3.8, 4) is 0 Å². The Labute approximate surface area is 151 Å². The van der Waals surface area contributed by atoms with Crippen LogP contribution in [0.25, 0.3) is 0 Å². The van der Waals surface area contributed by atoms with E-state index in [0.29, 0.717) is 18.0 Å². The number of thiazole rings is 1. The molecule has 1 saturated heterocycles. The van der Waals surface area contributed by atoms with Gasteiger partial charge in [-0.2, -0.15) is 5.10 Å². The minimum atomic E-state index is -2.03. The zero-order valence-electron chi connectivity index (χ0n) is 13.6. The number of carbonyl (C=O) groups excluding carboxylic acids is 2. The Hall–Kier alpha value is -2.66. The van der Waals surface area contributed by atoms with Crippen molar-refractivity contribution in [3.05, 3.63) is 28.4 Å². The van der Waals surface area contributed by atoms with Gasteiger partial charge in [-0.15, -0.1) is 11.3 Å². The van der Waals surface area contributed by atoms with Crippen molar-refractivity contribution in [1.82, 2.24) is 20.6 Å². The van der Waals surface area contributed by atoms with Gasteiger partial charge in [-0.3, -0.25) is 14.7 Å². The van der Waals surface area contributed by atoms with Crippen molar-refractivity contribution in [2.75, 3.05) is 26.4 Å². The highest BCUT2D eigenvalue weighted by Crippen LogP contribution is 2.28. The first-order valence-electron chi connectivity index (χ1n) is 7.92. The Kier molecular flexibility index (Phi) is 4.24. The summed E-state index contributed by atoms with van der Waals surface area (Å²) in [5, 5.41) is 9.25. The molecule has 1 atom stereocenters. The largest absolute Gasteiger partial charge is 0.446 e. The number of esters is 1. The Balaban J connectivity index is 1.28. The number of amides is 1. The zero-order valence-corrected chi connectivity index (χ0v) is 14.4. The summed E-state index contributed by atoms with van der Waals surface area (Å²) in [6.45, 7) is 0.605. The summed E-state index contributed by atoms with van der Waals surface area (Å²) >= 11 is 1.45. The van der Waals surface area contributed by atoms with Crippen LogP contribution >= 0.6 is 11.3 Å². The number of alkyl halides is 1. The van der Waals surface area contributed by atoms with Crippen LogP contribution in [0.2, 0.25) is 0 Å². The van der Waals surface area contributed by atoms with Crippen molar-refractivity contribution in [3.63, 3.8) is 0 Å². The van der Waals surface area contributed by atoms with Crippen LogP contribution in [0.15, 0.2) is 33.4 Å². The lowest BCUT2D eigenvalue weighted by atomic mass is 9.92. The Morgan fingerprint density at radius 3 is 3.12 bits per heavy atom. The second-order valence-corrected chi connectivity index (χ2v) is 6.87. The van der Waals surface area contributed by atoms with Crippen LogP contribution in [0.3, 0.4) is 0 Å². The van der Waals surface area contributed by atoms with E-state index >= 15 is 0 Å². The van der Waals surface area contributed by atoms with Crippen LogP contribution in [0, 0.1) is 0 Å². The number of nitrogens with one attached hydrogen (secondary N) is 2. The molecule has 0 radical (unpaired) electrons. The van der Waals surface area contributed by atoms with Crippen LogP contribution in [-0.4, -0.2) is 65.3 Å². The highest BCUT2D eigenvalue weighted by Gasteiger charge is 2.51. The van der Waals surface area contributed by atoms with Crippen LogP contribution in [0.1, 0.15) is 11.4 Å². The van der Waals surface area contributed by atoms with E-state index < -0.39 is 17.5 Å². The number of hydrazone groups is 1. The van der Waals surface area contributed by atoms with Crippen molar-refractivity contribution >= 4 is 34.8 Å². The number of aromatic nitrogens is 1. The molecule has 1 aromatic heterocycles. The van der Waals surface area contributed by atoms with Gasteiger partial charge in [0.15, 0.2) is 10.8 Å². The summed E-state index contributed by atoms with van der Waals surface area (Å²) in [5.74, 6) is -0.612. The Morgan fingerprint density at radius 2 is 2.38 bits per heavy atom. The molecule has 3 aliphatic rings. The normalized spacial score (nSPS) is 25.4. The molecule has 0 aliphatic carbocycles. The summed E-state index contributed by atoms with van der Waals surface area (Å²) in [5.41, 5.74) is 0.640. The van der Waals surface area contributed by atoms with Crippen LogP contribution in [-0.2, 0) is 14.3 Å². The fraction of sp³-hybridized carbons (Fsp3) is 0.400. The second-order valence-electron chi connectivity index (χ2n) is 5.98. The number of piperidine rings is 1. The minimum Gasteiger partial charge on any atom is -0.446 e. The summed E-state index contributed by atoms with van der Waals surface area (Å²) in [6.07, 6.45) is 3.22. The van der Waals surface area contributed by atoms with E-state index in [1.165, 1.54) is 11.3 Å². The number of ether oxygens (including phenoxy) is 1. The lowest BCUT2D eigenvalue weighted by Crippen LogP contribution is -2.53. The van der Waals surface area contributed by atoms with Crippen LogP contribution in [0.5, 0.6) is 0 Å². The van der Waals surface area contributed by atoms with E-state index in [0.717, 1.165) is 5.01 Å². The quantitative estimate of drug-likeness (QED) is 0.701. The molecule has 11 heteroatoms. The number of fused-ring (bicyclic) bond motifs is 1. The summed E-state index contributed by atoms with van der Waals surface area (Å²) in [6, 6.07) is 0. The molecule has 4 rings (SSSR count). The number of carbonyl (C=O) groups is 2. The zero-order chi connectivity index (χ0) is 18.1. The molecule has 0 aromatic carbocycles. The SMILES string of the molecule is O=C(OCN1CCC2(F)C(=O)NN=C2C1)C1=CNC(c2nccs2)=NC1. The van der Waals surface area contributed by atoms with Gasteiger partial charge in [0.1, 0.15) is 6.73 Å². The molecule has 3 aliphatic heterocycles. The van der Waals surface area contributed by atoms with Gasteiger partial charge in [-0.05, 0) is 0 Å². The maximum atomic E-state index is 14.5. The van der Waals surface area contributed by atoms with Gasteiger partial charge in [-0.25, -0.2) is 19.6 Å². The van der Waals surface area contributed by atoms with Gasteiger partial charge in [0.25, 0.3) is 5.91 Å². The Morgan fingerprint density at radius 1 is 1.50 bits per heavy atom. The van der Waals surface area contributed by atoms with E-state index in [2.05, 4.69) is 25.8 Å². The van der Waals surface area contributed by atoms with Gasteiger partial charge in [-0.1, -0.05) is 0 Å². The molecule has 0 saturated carbocycles. The van der Waals surface area contributed by atoms with Crippen LogP contribution in [0.4, 0.5) is 4.39 Å². The second kappa shape index (κ2) is 6.57. The molecule has 136 valence electrons. The lowest BCUT2D eigenvalue weighted by molar-refractivity contribution is -0.144. The molecule has 1 aromatic rings. The number of hydrogen-bond acceptors (Lipinski definition) is 9. The van der Waals surface area contributed by atoms with Gasteiger partial charge in [0.05, 0.1) is 17.8 Å². The van der Waals surface area contributed by atoms with E-state index in [1.54, 1.807) is 17.3 Å². The number of amidine groups is 1. The predicted octanol–water partition coefficient (Wildman–Crippen LogP) is -0.223. The molecule has 26 heavy (non-hydrogen) atoms. The fourth-order valence-corrected chi connectivity index (χ4v) is 3.41. The first-order valence-corrected chi connectivity index (χ1v) is 8.80. The van der Waals surface area contributed by atoms with Gasteiger partial charge in [0, 0.05) is 37.3 Å². The van der Waals surface area contributed by atoms with Gasteiger partial charge < -0.3 is 10.1 Å². The molecule has 9 nitrogen and oxygen atoms in total. The maximum absolute atomic E-state index is 14.5. The smallest absolute Gasteiger partial charge is 0.338 e. The summed E-state index contributed by atoms with van der Waals surface area (Å²) < 4.78 is 19.7. The highest BCUT2D eigenvalue weighted by atomic mass is 32.1. The Bertz CT molecular complexity index is 836. The minimum absolute atomic E-state index is 0.0114. The van der Waals surface area contributed by atoms with Crippen molar-refractivity contribution in [2.45, 2.75) is 12.1 Å². The van der Waals surface area contributed by atoms with Gasteiger partial charge >= 0.3 is 5.97 Å². The topological polar surface area (TPSA) is 108 Å². The van der Waals surface area contributed by atoms with E-state index in [-0.39, 0.29) is 32.0 Å². The lowest BCUT2D eigenvalue weighted by Gasteiger charge is -2.32. The standard InChI is InChI=1S/C15H15FN6O3S/c16-15-1-3-22(7-10(15)20-21-14(15)24)8-25-13(23)9-5-18-11(19-6-9)12-17-2-4-26-12/h2,4-5H,1,3,6-8H2,(H,18,19)(H,21,24). The number of likely N-dealkylation sites (tertiary alicyclic amines) is 1. The van der Waals surface area contributed by atoms with E-state index in [9.17, 15) is 14.0 Å². The number of nitrogens with zero attached hydrogens (tertiary/aromatic N) is 4.